The molecule has 5 heteroatoms. The van der Waals surface area contributed by atoms with Crippen LogP contribution < -0.4 is 4.90 Å². The fourth-order valence-corrected chi connectivity index (χ4v) is 3.25. The van der Waals surface area contributed by atoms with Gasteiger partial charge in [0, 0.05) is 18.8 Å². The Kier molecular flexibility index (Phi) is 5.05. The van der Waals surface area contributed by atoms with Crippen molar-refractivity contribution in [2.24, 2.45) is 0 Å². The van der Waals surface area contributed by atoms with E-state index in [1.165, 1.54) is 12.1 Å². The third kappa shape index (κ3) is 3.52. The molecule has 20 heavy (non-hydrogen) atoms. The summed E-state index contributed by atoms with van der Waals surface area (Å²) < 4.78 is 14.3. The van der Waals surface area contributed by atoms with Gasteiger partial charge in [0.2, 0.25) is 0 Å². The van der Waals surface area contributed by atoms with Crippen LogP contribution in [0.2, 0.25) is 0 Å². The Bertz CT molecular complexity index is 578. The summed E-state index contributed by atoms with van der Waals surface area (Å²) in [6.45, 7) is 3.54. The topological polar surface area (TPSA) is 23.5 Å². The first-order valence-electron chi connectivity index (χ1n) is 6.18. The number of halogens is 3. The van der Waals surface area contributed by atoms with E-state index in [9.17, 15) is 9.50 Å². The first kappa shape index (κ1) is 15.3. The van der Waals surface area contributed by atoms with E-state index in [1.807, 2.05) is 19.1 Å². The van der Waals surface area contributed by atoms with E-state index in [0.29, 0.717) is 15.5 Å². The highest BCUT2D eigenvalue weighted by atomic mass is 79.9. The second kappa shape index (κ2) is 6.59. The Labute approximate surface area is 134 Å². The van der Waals surface area contributed by atoms with Gasteiger partial charge >= 0.3 is 0 Å². The van der Waals surface area contributed by atoms with Crippen LogP contribution >= 0.6 is 31.9 Å². The van der Waals surface area contributed by atoms with Crippen molar-refractivity contribution >= 4 is 37.5 Å². The van der Waals surface area contributed by atoms with Gasteiger partial charge in [-0.15, -0.1) is 0 Å². The molecule has 106 valence electrons. The molecule has 0 amide bonds. The summed E-state index contributed by atoms with van der Waals surface area (Å²) in [5.74, 6) is -0.0430. The van der Waals surface area contributed by atoms with Crippen LogP contribution in [0.3, 0.4) is 0 Å². The van der Waals surface area contributed by atoms with Gasteiger partial charge in [-0.2, -0.15) is 0 Å². The SMILES string of the molecule is CCN(Cc1cc(Br)c(O)c(Br)c1)c1ccc(F)cc1. The van der Waals surface area contributed by atoms with E-state index in [2.05, 4.69) is 36.8 Å². The molecule has 0 heterocycles. The first-order valence-corrected chi connectivity index (χ1v) is 7.77. The Morgan fingerprint density at radius 1 is 1.10 bits per heavy atom. The van der Waals surface area contributed by atoms with Gasteiger partial charge in [0.05, 0.1) is 8.95 Å². The maximum absolute atomic E-state index is 13.0. The number of rotatable bonds is 4. The highest BCUT2D eigenvalue weighted by Crippen LogP contribution is 2.34. The number of anilines is 1. The second-order valence-corrected chi connectivity index (χ2v) is 6.11. The molecule has 0 aliphatic rings. The molecule has 0 saturated heterocycles. The molecule has 0 unspecified atom stereocenters. The lowest BCUT2D eigenvalue weighted by Gasteiger charge is -2.23. The van der Waals surface area contributed by atoms with Gasteiger partial charge < -0.3 is 10.0 Å². The lowest BCUT2D eigenvalue weighted by Crippen LogP contribution is -2.21. The number of phenolic OH excluding ortho intramolecular Hbond substituents is 1. The third-order valence-corrected chi connectivity index (χ3v) is 4.23. The number of aromatic hydroxyl groups is 1. The largest absolute Gasteiger partial charge is 0.506 e. The van der Waals surface area contributed by atoms with Crippen molar-refractivity contribution in [1.82, 2.24) is 0 Å². The van der Waals surface area contributed by atoms with E-state index in [4.69, 9.17) is 0 Å². The monoisotopic (exact) mass is 401 g/mol. The average Bonchev–Trinajstić information content (AvgIpc) is 2.43. The zero-order valence-corrected chi connectivity index (χ0v) is 14.1. The second-order valence-electron chi connectivity index (χ2n) is 4.40. The van der Waals surface area contributed by atoms with Crippen molar-refractivity contribution in [2.75, 3.05) is 11.4 Å². The van der Waals surface area contributed by atoms with Crippen LogP contribution in [0.5, 0.6) is 5.75 Å². The highest BCUT2D eigenvalue weighted by molar-refractivity contribution is 9.11. The molecule has 2 aromatic carbocycles. The zero-order valence-electron chi connectivity index (χ0n) is 10.9. The van der Waals surface area contributed by atoms with Gasteiger partial charge in [-0.25, -0.2) is 4.39 Å². The van der Waals surface area contributed by atoms with Crippen LogP contribution in [0.25, 0.3) is 0 Å². The summed E-state index contributed by atoms with van der Waals surface area (Å²) in [5, 5.41) is 9.72. The molecule has 0 saturated carbocycles. The van der Waals surface area contributed by atoms with Crippen molar-refractivity contribution in [2.45, 2.75) is 13.5 Å². The van der Waals surface area contributed by atoms with Crippen LogP contribution in [-0.2, 0) is 6.54 Å². The molecule has 0 fully saturated rings. The fourth-order valence-electron chi connectivity index (χ4n) is 1.97. The summed E-state index contributed by atoms with van der Waals surface area (Å²) in [6.07, 6.45) is 0. The minimum absolute atomic E-state index is 0.193. The minimum atomic E-state index is -0.236. The predicted molar refractivity (Wildman–Crippen MR) is 86.6 cm³/mol. The van der Waals surface area contributed by atoms with Crippen molar-refractivity contribution in [3.8, 4) is 5.75 Å². The van der Waals surface area contributed by atoms with Crippen LogP contribution in [0, 0.1) is 5.82 Å². The molecule has 0 spiro atoms. The van der Waals surface area contributed by atoms with Gasteiger partial charge in [-0.1, -0.05) is 0 Å². The maximum Gasteiger partial charge on any atom is 0.143 e. The van der Waals surface area contributed by atoms with Crippen molar-refractivity contribution in [3.63, 3.8) is 0 Å². The lowest BCUT2D eigenvalue weighted by molar-refractivity contribution is 0.468. The molecular weight excluding hydrogens is 389 g/mol. The van der Waals surface area contributed by atoms with Crippen molar-refractivity contribution in [1.29, 1.82) is 0 Å². The summed E-state index contributed by atoms with van der Waals surface area (Å²) in [6, 6.07) is 10.2. The average molecular weight is 403 g/mol. The first-order chi connectivity index (χ1) is 9.51. The predicted octanol–water partition coefficient (Wildman–Crippen LogP) is 5.08. The standard InChI is InChI=1S/C15H14Br2FNO/c1-2-19(12-5-3-11(18)4-6-12)9-10-7-13(16)15(20)14(17)8-10/h3-8,20H,2,9H2,1H3. The van der Waals surface area contributed by atoms with Crippen LogP contribution in [0.1, 0.15) is 12.5 Å². The molecule has 0 radical (unpaired) electrons. The van der Waals surface area contributed by atoms with Crippen LogP contribution in [0.15, 0.2) is 45.3 Å². The van der Waals surface area contributed by atoms with Gasteiger partial charge in [0.25, 0.3) is 0 Å². The molecular formula is C15H14Br2FNO. The molecule has 1 N–H and O–H groups in total. The smallest absolute Gasteiger partial charge is 0.143 e. The maximum atomic E-state index is 13.0. The number of nitrogens with zero attached hydrogens (tertiary/aromatic N) is 1. The summed E-state index contributed by atoms with van der Waals surface area (Å²) >= 11 is 6.65. The van der Waals surface area contributed by atoms with Crippen molar-refractivity contribution in [3.05, 3.63) is 56.7 Å². The van der Waals surface area contributed by atoms with Crippen LogP contribution in [-0.4, -0.2) is 11.7 Å². The van der Waals surface area contributed by atoms with Gasteiger partial charge in [-0.3, -0.25) is 0 Å². The Balaban J connectivity index is 2.24. The molecule has 0 aliphatic heterocycles. The normalized spacial score (nSPS) is 10.6. The van der Waals surface area contributed by atoms with Crippen LogP contribution in [0.4, 0.5) is 10.1 Å². The number of hydrogen-bond donors (Lipinski definition) is 1. The number of phenols is 1. The third-order valence-electron chi connectivity index (χ3n) is 3.02. The summed E-state index contributed by atoms with van der Waals surface area (Å²) in [7, 11) is 0. The quantitative estimate of drug-likeness (QED) is 0.770. The summed E-state index contributed by atoms with van der Waals surface area (Å²) in [4.78, 5) is 2.13. The van der Waals surface area contributed by atoms with Gasteiger partial charge in [0.1, 0.15) is 11.6 Å². The molecule has 0 aromatic heterocycles. The molecule has 2 rings (SSSR count). The Morgan fingerprint density at radius 3 is 2.15 bits per heavy atom. The minimum Gasteiger partial charge on any atom is -0.506 e. The zero-order chi connectivity index (χ0) is 14.7. The van der Waals surface area contributed by atoms with E-state index in [1.54, 1.807) is 12.1 Å². The van der Waals surface area contributed by atoms with Crippen molar-refractivity contribution < 1.29 is 9.50 Å². The lowest BCUT2D eigenvalue weighted by atomic mass is 10.2. The van der Waals surface area contributed by atoms with E-state index >= 15 is 0 Å². The van der Waals surface area contributed by atoms with Gasteiger partial charge in [0.15, 0.2) is 0 Å². The fraction of sp³-hybridized carbons (Fsp3) is 0.200. The number of hydrogen-bond acceptors (Lipinski definition) is 2. The van der Waals surface area contributed by atoms with Gasteiger partial charge in [-0.05, 0) is 80.7 Å². The Morgan fingerprint density at radius 2 is 1.65 bits per heavy atom. The molecule has 0 atom stereocenters. The van der Waals surface area contributed by atoms with E-state index < -0.39 is 0 Å². The Hall–Kier alpha value is -1.07. The molecule has 0 aliphatic carbocycles. The highest BCUT2D eigenvalue weighted by Gasteiger charge is 2.10. The number of benzene rings is 2. The summed E-state index contributed by atoms with van der Waals surface area (Å²) in [5.41, 5.74) is 2.02. The van der Waals surface area contributed by atoms with E-state index in [-0.39, 0.29) is 11.6 Å². The molecule has 2 aromatic rings. The van der Waals surface area contributed by atoms with E-state index in [0.717, 1.165) is 17.8 Å². The molecule has 0 bridgehead atoms. The molecule has 2 nitrogen and oxygen atoms in total.